The van der Waals surface area contributed by atoms with Gasteiger partial charge in [0.2, 0.25) is 0 Å². The van der Waals surface area contributed by atoms with E-state index in [1.807, 2.05) is 64.4 Å². The number of hydrogen-bond acceptors (Lipinski definition) is 14. The molecule has 4 aromatic rings. The number of thiazole rings is 2. The number of primary amides is 2. The molecule has 0 bridgehead atoms. The normalized spacial score (nSPS) is 11.6. The number of aromatic nitrogens is 2. The quantitative estimate of drug-likeness (QED) is 0.0665. The van der Waals surface area contributed by atoms with Crippen LogP contribution in [0.25, 0.3) is 21.1 Å². The van der Waals surface area contributed by atoms with Gasteiger partial charge < -0.3 is 27.2 Å². The van der Waals surface area contributed by atoms with E-state index >= 15 is 0 Å². The second-order valence-electron chi connectivity index (χ2n) is 11.8. The average molecular weight is 812 g/mol. The topological polar surface area (TPSA) is 173 Å². The highest BCUT2D eigenvalue weighted by molar-refractivity contribution is 8.03. The molecule has 0 unspecified atom stereocenters. The molecule has 2 amide bonds. The van der Waals surface area contributed by atoms with Crippen LogP contribution in [0.3, 0.4) is 0 Å². The first-order valence-electron chi connectivity index (χ1n) is 13.9. The second kappa shape index (κ2) is 20.0. The first-order valence-corrected chi connectivity index (χ1v) is 19.1. The molecule has 0 saturated carbocycles. The molecular weight excluding hydrogens is 772 g/mol. The molecule has 7 N–H and O–H groups in total. The van der Waals surface area contributed by atoms with E-state index in [0.29, 0.717) is 28.6 Å². The summed E-state index contributed by atoms with van der Waals surface area (Å²) < 4.78 is 1.68. The van der Waals surface area contributed by atoms with Gasteiger partial charge >= 0.3 is 0 Å². The highest BCUT2D eigenvalue weighted by Crippen LogP contribution is 2.34. The van der Waals surface area contributed by atoms with Crippen LogP contribution in [0, 0.1) is 0 Å². The molecule has 0 aliphatic heterocycles. The number of nitrogens with two attached hydrogens (primary N) is 2. The van der Waals surface area contributed by atoms with Gasteiger partial charge in [0, 0.05) is 27.2 Å². The molecule has 0 spiro atoms. The number of thiophene rings is 2. The number of carbonyl (C=O) groups excluding carboxylic acids is 3. The summed E-state index contributed by atoms with van der Waals surface area (Å²) in [6, 6.07) is 7.09. The number of aliphatic hydroxyl groups excluding tert-OH is 1. The van der Waals surface area contributed by atoms with E-state index < -0.39 is 11.8 Å². The van der Waals surface area contributed by atoms with Crippen LogP contribution in [0.1, 0.15) is 60.9 Å². The lowest BCUT2D eigenvalue weighted by Crippen LogP contribution is -2.39. The number of hydrogen-bond donors (Lipinski definition) is 5. The molecule has 0 atom stereocenters. The van der Waals surface area contributed by atoms with Gasteiger partial charge in [-0.1, -0.05) is 23.5 Å². The Kier molecular flexibility index (Phi) is 18.4. The molecule has 18 heteroatoms. The molecule has 0 radical (unpaired) electrons. The largest absolute Gasteiger partial charge is 0.510 e. The van der Waals surface area contributed by atoms with Gasteiger partial charge in [-0.25, -0.2) is 9.97 Å². The van der Waals surface area contributed by atoms with Crippen molar-refractivity contribution >= 4 is 111 Å². The molecule has 4 heterocycles. The van der Waals surface area contributed by atoms with E-state index in [4.69, 9.17) is 11.5 Å². The zero-order chi connectivity index (χ0) is 34.1. The third-order valence-electron chi connectivity index (χ3n) is 5.44. The number of halogens is 2. The molecule has 4 aromatic heterocycles. The maximum atomic E-state index is 11.9. The van der Waals surface area contributed by atoms with Crippen LogP contribution < -0.4 is 22.1 Å². The van der Waals surface area contributed by atoms with Crippen molar-refractivity contribution < 1.29 is 19.5 Å². The number of thioether (sulfide) groups is 2. The van der Waals surface area contributed by atoms with Crippen molar-refractivity contribution in [2.45, 2.75) is 61.3 Å². The lowest BCUT2D eigenvalue weighted by Gasteiger charge is -2.19. The monoisotopic (exact) mass is 810 g/mol. The summed E-state index contributed by atoms with van der Waals surface area (Å²) in [4.78, 5) is 46.0. The highest BCUT2D eigenvalue weighted by atomic mass is 35.5. The lowest BCUT2D eigenvalue weighted by atomic mass is 10.1. The van der Waals surface area contributed by atoms with E-state index in [1.165, 1.54) is 68.9 Å². The van der Waals surface area contributed by atoms with Gasteiger partial charge in [-0.15, -0.1) is 70.2 Å². The fourth-order valence-electron chi connectivity index (χ4n) is 3.15. The van der Waals surface area contributed by atoms with Crippen LogP contribution in [0.15, 0.2) is 54.9 Å². The van der Waals surface area contributed by atoms with E-state index in [9.17, 15) is 19.5 Å². The smallest absolute Gasteiger partial charge is 0.258 e. The summed E-state index contributed by atoms with van der Waals surface area (Å²) in [6.45, 7) is 13.0. The minimum absolute atomic E-state index is 0. The average Bonchev–Trinajstić information content (AvgIpc) is 3.77. The predicted molar refractivity (Wildman–Crippen MR) is 210 cm³/mol. The zero-order valence-corrected chi connectivity index (χ0v) is 33.7. The van der Waals surface area contributed by atoms with Crippen molar-refractivity contribution in [1.29, 1.82) is 0 Å². The summed E-state index contributed by atoms with van der Waals surface area (Å²) in [6.07, 6.45) is 0. The van der Waals surface area contributed by atoms with Crippen LogP contribution in [0.5, 0.6) is 0 Å². The van der Waals surface area contributed by atoms with Gasteiger partial charge in [0.15, 0.2) is 14.5 Å². The van der Waals surface area contributed by atoms with Gasteiger partial charge in [0.25, 0.3) is 11.8 Å². The van der Waals surface area contributed by atoms with E-state index in [-0.39, 0.29) is 47.4 Å². The molecule has 0 saturated heterocycles. The Morgan fingerprint density at radius 1 is 0.792 bits per heavy atom. The Bertz CT molecular complexity index is 1670. The van der Waals surface area contributed by atoms with Gasteiger partial charge in [-0.05, 0) is 65.8 Å². The Hall–Kier alpha value is -1.99. The summed E-state index contributed by atoms with van der Waals surface area (Å²) in [5.74, 6) is -0.0385. The number of Topliss-reactive ketones (excluding diaryl/α,β-unsaturated/α-hetero) is 1. The van der Waals surface area contributed by atoms with Gasteiger partial charge in [-0.3, -0.25) is 14.4 Å². The van der Waals surface area contributed by atoms with Crippen molar-refractivity contribution in [3.05, 3.63) is 55.9 Å². The Morgan fingerprint density at radius 2 is 1.25 bits per heavy atom. The van der Waals surface area contributed by atoms with E-state index in [2.05, 4.69) is 20.6 Å². The molecule has 0 fully saturated rings. The van der Waals surface area contributed by atoms with Crippen LogP contribution >= 0.6 is 93.7 Å². The minimum atomic E-state index is -0.428. The molecule has 48 heavy (non-hydrogen) atoms. The first kappa shape index (κ1) is 44.0. The Morgan fingerprint density at radius 3 is 1.71 bits per heavy atom. The number of carbonyl (C=O) groups is 3. The standard InChI is InChI=1S/2C15H19N3O2S3.2ClH/c2*1-15(2,3)17-6-9(19)7-21-14-18-10(8-22-14)11-4-5-12(23-11)13(16)20;;/h4-5,8,17H,6-7H2,1-3H3,(H2,16,20);4-5,7-8,17,19H,6H2,1-3H3,(H2,16,20);2*1H. The molecule has 10 nitrogen and oxygen atoms in total. The maximum Gasteiger partial charge on any atom is 0.258 e. The van der Waals surface area contributed by atoms with E-state index in [1.54, 1.807) is 17.5 Å². The number of aliphatic hydroxyl groups is 1. The minimum Gasteiger partial charge on any atom is -0.510 e. The van der Waals surface area contributed by atoms with Gasteiger partial charge in [0.05, 0.1) is 49.7 Å². The maximum absolute atomic E-state index is 11.9. The van der Waals surface area contributed by atoms with Crippen LogP contribution in [0.2, 0.25) is 0 Å². The number of amides is 2. The number of nitrogens with one attached hydrogen (secondary N) is 2. The first-order chi connectivity index (χ1) is 21.5. The summed E-state index contributed by atoms with van der Waals surface area (Å²) in [5, 5.41) is 21.8. The Labute approximate surface area is 317 Å². The van der Waals surface area contributed by atoms with Crippen molar-refractivity contribution in [1.82, 2.24) is 20.6 Å². The van der Waals surface area contributed by atoms with Crippen molar-refractivity contribution in [3.8, 4) is 21.1 Å². The lowest BCUT2D eigenvalue weighted by molar-refractivity contribution is -0.116. The second-order valence-corrected chi connectivity index (χ2v) is 18.0. The summed E-state index contributed by atoms with van der Waals surface area (Å²) in [7, 11) is 0. The molecule has 4 rings (SSSR count). The van der Waals surface area contributed by atoms with Gasteiger partial charge in [0.1, 0.15) is 5.76 Å². The summed E-state index contributed by atoms with van der Waals surface area (Å²) >= 11 is 8.46. The SMILES string of the molecule is CC(C)(C)NCC(=O)CSc1nc(-c2ccc(C(N)=O)s2)cs1.CC(C)(C)NCC(O)=CSc1nc(-c2ccc(C(N)=O)s2)cs1.Cl.Cl. The molecule has 0 aliphatic carbocycles. The third kappa shape index (κ3) is 15.7. The molecular formula is C30H40Cl2N6O4S6. The van der Waals surface area contributed by atoms with Crippen LogP contribution in [0.4, 0.5) is 0 Å². The fraction of sp³-hybridized carbons (Fsp3) is 0.367. The van der Waals surface area contributed by atoms with Crippen molar-refractivity contribution in [2.24, 2.45) is 11.5 Å². The molecule has 0 aromatic carbocycles. The number of rotatable bonds is 13. The van der Waals surface area contributed by atoms with Crippen LogP contribution in [-0.4, -0.2) is 62.6 Å². The van der Waals surface area contributed by atoms with Gasteiger partial charge in [-0.2, -0.15) is 0 Å². The van der Waals surface area contributed by atoms with Crippen molar-refractivity contribution in [2.75, 3.05) is 18.8 Å². The zero-order valence-electron chi connectivity index (χ0n) is 27.1. The number of ketones is 1. The fourth-order valence-corrected chi connectivity index (χ4v) is 8.15. The third-order valence-corrected chi connectivity index (χ3v) is 11.7. The van der Waals surface area contributed by atoms with Crippen molar-refractivity contribution in [3.63, 3.8) is 0 Å². The Balaban J connectivity index is 0.000000461. The highest BCUT2D eigenvalue weighted by Gasteiger charge is 2.15. The van der Waals surface area contributed by atoms with E-state index in [0.717, 1.165) is 29.8 Å². The molecule has 0 aliphatic rings. The van der Waals surface area contributed by atoms with Crippen LogP contribution in [-0.2, 0) is 4.79 Å². The number of nitrogens with zero attached hydrogens (tertiary/aromatic N) is 2. The summed E-state index contributed by atoms with van der Waals surface area (Å²) in [5.41, 5.74) is 12.0. The predicted octanol–water partition coefficient (Wildman–Crippen LogP) is 7.71. The molecule has 264 valence electrons.